The quantitative estimate of drug-likeness (QED) is 0.490. The van der Waals surface area contributed by atoms with Gasteiger partial charge in [0, 0.05) is 44.1 Å². The molecule has 6 nitrogen and oxygen atoms in total. The van der Waals surface area contributed by atoms with Crippen molar-refractivity contribution in [2.24, 2.45) is 0 Å². The number of carbonyl (C=O) groups is 2. The van der Waals surface area contributed by atoms with Crippen LogP contribution in [0.15, 0.2) is 30.3 Å². The molecule has 0 unspecified atom stereocenters. The highest BCUT2D eigenvalue weighted by Crippen LogP contribution is 2.31. The Kier molecular flexibility index (Phi) is 5.32. The van der Waals surface area contributed by atoms with Crippen molar-refractivity contribution >= 4 is 34.3 Å². The minimum absolute atomic E-state index is 0.169. The number of halogens is 1. The molecule has 2 aliphatic rings. The lowest BCUT2D eigenvalue weighted by atomic mass is 9.97. The third-order valence-corrected chi connectivity index (χ3v) is 6.29. The molecular formula is C20H23IN4O2. The second-order valence-corrected chi connectivity index (χ2v) is 8.23. The molecule has 1 aromatic carbocycles. The van der Waals surface area contributed by atoms with Crippen molar-refractivity contribution in [3.63, 3.8) is 0 Å². The molecule has 0 spiro atoms. The summed E-state index contributed by atoms with van der Waals surface area (Å²) in [7, 11) is 0. The van der Waals surface area contributed by atoms with Gasteiger partial charge in [-0.05, 0) is 22.6 Å². The van der Waals surface area contributed by atoms with E-state index in [4.69, 9.17) is 4.98 Å². The summed E-state index contributed by atoms with van der Waals surface area (Å²) in [6.45, 7) is 6.31. The lowest BCUT2D eigenvalue weighted by Gasteiger charge is -2.39. The molecule has 1 aromatic heterocycles. The van der Waals surface area contributed by atoms with Crippen LogP contribution in [0, 0.1) is 3.70 Å². The van der Waals surface area contributed by atoms with Gasteiger partial charge in [0.25, 0.3) is 0 Å². The molecule has 0 aliphatic carbocycles. The molecule has 1 saturated heterocycles. The number of amides is 1. The monoisotopic (exact) mass is 478 g/mol. The number of nitrogens with zero attached hydrogens (tertiary/aromatic N) is 4. The Bertz CT molecular complexity index is 858. The van der Waals surface area contributed by atoms with E-state index in [1.54, 1.807) is 0 Å². The summed E-state index contributed by atoms with van der Waals surface area (Å²) in [6, 6.07) is 9.47. The lowest BCUT2D eigenvalue weighted by Crippen LogP contribution is -2.48. The topological polar surface area (TPSA) is 58.4 Å². The number of benzene rings is 1. The number of likely N-dealkylation sites (tertiary alicyclic amines) is 1. The van der Waals surface area contributed by atoms with Crippen LogP contribution in [0.2, 0.25) is 0 Å². The summed E-state index contributed by atoms with van der Waals surface area (Å²) < 4.78 is 3.29. The fraction of sp³-hybridized carbons (Fsp3) is 0.450. The van der Waals surface area contributed by atoms with Gasteiger partial charge >= 0.3 is 0 Å². The molecule has 142 valence electrons. The maximum absolute atomic E-state index is 12.4. The third-order valence-electron chi connectivity index (χ3n) is 5.43. The van der Waals surface area contributed by atoms with E-state index in [0.717, 1.165) is 47.0 Å². The minimum Gasteiger partial charge on any atom is -0.335 e. The maximum Gasteiger partial charge on any atom is 0.222 e. The van der Waals surface area contributed by atoms with Crippen LogP contribution in [0.1, 0.15) is 41.1 Å². The zero-order valence-electron chi connectivity index (χ0n) is 15.4. The Balaban J connectivity index is 1.39. The van der Waals surface area contributed by atoms with Gasteiger partial charge in [-0.2, -0.15) is 0 Å². The number of hydrogen-bond donors (Lipinski definition) is 0. The van der Waals surface area contributed by atoms with E-state index >= 15 is 0 Å². The van der Waals surface area contributed by atoms with Gasteiger partial charge in [0.05, 0.1) is 18.8 Å². The van der Waals surface area contributed by atoms with E-state index < -0.39 is 0 Å². The highest BCUT2D eigenvalue weighted by molar-refractivity contribution is 14.1. The second-order valence-electron chi connectivity index (χ2n) is 7.21. The van der Waals surface area contributed by atoms with Gasteiger partial charge in [0.1, 0.15) is 9.53 Å². The molecule has 0 radical (unpaired) electrons. The molecule has 27 heavy (non-hydrogen) atoms. The van der Waals surface area contributed by atoms with E-state index in [1.165, 1.54) is 0 Å². The van der Waals surface area contributed by atoms with Crippen LogP contribution in [0.25, 0.3) is 0 Å². The number of ketones is 1. The molecule has 0 bridgehead atoms. The number of hydrogen-bond acceptors (Lipinski definition) is 4. The van der Waals surface area contributed by atoms with Crippen LogP contribution in [0.3, 0.4) is 0 Å². The summed E-state index contributed by atoms with van der Waals surface area (Å²) >= 11 is 2.28. The van der Waals surface area contributed by atoms with Crippen LogP contribution in [-0.4, -0.2) is 57.2 Å². The molecule has 7 heteroatoms. The average molecular weight is 478 g/mol. The lowest BCUT2D eigenvalue weighted by molar-refractivity contribution is -0.132. The first-order valence-corrected chi connectivity index (χ1v) is 10.5. The zero-order valence-corrected chi connectivity index (χ0v) is 17.6. The highest BCUT2D eigenvalue weighted by Gasteiger charge is 2.35. The van der Waals surface area contributed by atoms with Crippen LogP contribution in [0.5, 0.6) is 0 Å². The Labute approximate surface area is 172 Å². The van der Waals surface area contributed by atoms with Gasteiger partial charge in [0.2, 0.25) is 5.91 Å². The average Bonchev–Trinajstić information content (AvgIpc) is 2.99. The molecule has 4 rings (SSSR count). The fourth-order valence-corrected chi connectivity index (χ4v) is 4.59. The Morgan fingerprint density at radius 1 is 1.19 bits per heavy atom. The first-order valence-electron chi connectivity index (χ1n) is 9.40. The van der Waals surface area contributed by atoms with Crippen LogP contribution in [0.4, 0.5) is 0 Å². The summed E-state index contributed by atoms with van der Waals surface area (Å²) in [5, 5.41) is 0. The number of carbonyl (C=O) groups excluding carboxylic acids is 2. The second kappa shape index (κ2) is 7.71. The van der Waals surface area contributed by atoms with Crippen molar-refractivity contribution in [2.45, 2.75) is 32.4 Å². The molecular weight excluding hydrogens is 455 g/mol. The number of aromatic nitrogens is 2. The largest absolute Gasteiger partial charge is 0.335 e. The highest BCUT2D eigenvalue weighted by atomic mass is 127. The van der Waals surface area contributed by atoms with Crippen molar-refractivity contribution in [2.75, 3.05) is 26.2 Å². The molecule has 3 heterocycles. The van der Waals surface area contributed by atoms with Crippen LogP contribution < -0.4 is 0 Å². The van der Waals surface area contributed by atoms with Gasteiger partial charge in [-0.1, -0.05) is 37.3 Å². The predicted octanol–water partition coefficient (Wildman–Crippen LogP) is 2.52. The standard InChI is InChI=1S/C20H23IN4O2/c1-2-18(27)24-8-9-25-16(12-24)19(21)22-20(25)15-10-23(11-15)13-17(26)14-6-4-3-5-7-14/h3-7,15H,2,8-13H2,1H3. The summed E-state index contributed by atoms with van der Waals surface area (Å²) in [4.78, 5) is 33.3. The molecule has 1 fully saturated rings. The molecule has 0 N–H and O–H groups in total. The van der Waals surface area contributed by atoms with Gasteiger partial charge in [-0.25, -0.2) is 4.98 Å². The fourth-order valence-electron chi connectivity index (χ4n) is 3.88. The first-order chi connectivity index (χ1) is 13.1. The number of rotatable bonds is 5. The van der Waals surface area contributed by atoms with E-state index in [0.29, 0.717) is 25.4 Å². The van der Waals surface area contributed by atoms with Crippen molar-refractivity contribution in [1.82, 2.24) is 19.4 Å². The summed E-state index contributed by atoms with van der Waals surface area (Å²) in [5.74, 6) is 1.85. The number of imidazole rings is 1. The predicted molar refractivity (Wildman–Crippen MR) is 111 cm³/mol. The van der Waals surface area contributed by atoms with E-state index in [1.807, 2.05) is 42.2 Å². The van der Waals surface area contributed by atoms with Crippen molar-refractivity contribution in [1.29, 1.82) is 0 Å². The smallest absolute Gasteiger partial charge is 0.222 e. The number of fused-ring (bicyclic) bond motifs is 1. The molecule has 0 saturated carbocycles. The molecule has 2 aliphatic heterocycles. The van der Waals surface area contributed by atoms with E-state index in [2.05, 4.69) is 32.1 Å². The van der Waals surface area contributed by atoms with Crippen molar-refractivity contribution in [3.8, 4) is 0 Å². The molecule has 1 amide bonds. The SMILES string of the molecule is CCC(=O)N1CCn2c(C3CN(CC(=O)c4ccccc4)C3)nc(I)c2C1. The first kappa shape index (κ1) is 18.6. The van der Waals surface area contributed by atoms with Gasteiger partial charge in [0.15, 0.2) is 5.78 Å². The van der Waals surface area contributed by atoms with Gasteiger partial charge in [-0.3, -0.25) is 14.5 Å². The molecule has 0 atom stereocenters. The number of Topliss-reactive ketones (excluding diaryl/α,β-unsaturated/α-hetero) is 1. The van der Waals surface area contributed by atoms with E-state index in [-0.39, 0.29) is 11.7 Å². The van der Waals surface area contributed by atoms with Crippen molar-refractivity contribution in [3.05, 3.63) is 51.1 Å². The Morgan fingerprint density at radius 3 is 2.63 bits per heavy atom. The van der Waals surface area contributed by atoms with Crippen molar-refractivity contribution < 1.29 is 9.59 Å². The normalized spacial score (nSPS) is 17.5. The summed E-state index contributed by atoms with van der Waals surface area (Å²) in [5.41, 5.74) is 1.92. The van der Waals surface area contributed by atoms with Crippen LogP contribution in [-0.2, 0) is 17.9 Å². The minimum atomic E-state index is 0.169. The van der Waals surface area contributed by atoms with E-state index in [9.17, 15) is 9.59 Å². The Morgan fingerprint density at radius 2 is 1.93 bits per heavy atom. The third kappa shape index (κ3) is 3.67. The maximum atomic E-state index is 12.4. The zero-order chi connectivity index (χ0) is 19.0. The van der Waals surface area contributed by atoms with Gasteiger partial charge in [-0.15, -0.1) is 0 Å². The van der Waals surface area contributed by atoms with Gasteiger partial charge < -0.3 is 9.47 Å². The van der Waals surface area contributed by atoms with Crippen LogP contribution >= 0.6 is 22.6 Å². The molecule has 2 aromatic rings. The Hall–Kier alpha value is -1.74. The summed E-state index contributed by atoms with van der Waals surface area (Å²) in [6.07, 6.45) is 0.546.